The molecule has 16 heavy (non-hydrogen) atoms. The molecule has 82 valence electrons. The van der Waals surface area contributed by atoms with Gasteiger partial charge in [0.2, 0.25) is 0 Å². The van der Waals surface area contributed by atoms with Crippen LogP contribution in [0.25, 0.3) is 0 Å². The molecule has 0 aliphatic heterocycles. The number of rotatable bonds is 3. The molecule has 0 atom stereocenters. The van der Waals surface area contributed by atoms with Crippen molar-refractivity contribution in [2.24, 2.45) is 0 Å². The SMILES string of the molecule is Brc1cccc(COc2ccc(I)cc2)c1. The summed E-state index contributed by atoms with van der Waals surface area (Å²) in [5, 5.41) is 0. The molecule has 0 radical (unpaired) electrons. The van der Waals surface area contributed by atoms with Gasteiger partial charge in [-0.25, -0.2) is 0 Å². The summed E-state index contributed by atoms with van der Waals surface area (Å²) >= 11 is 5.72. The van der Waals surface area contributed by atoms with Gasteiger partial charge in [-0.3, -0.25) is 0 Å². The average molecular weight is 389 g/mol. The van der Waals surface area contributed by atoms with Gasteiger partial charge in [0, 0.05) is 8.04 Å². The molecule has 0 N–H and O–H groups in total. The number of halogens is 2. The first-order valence-corrected chi connectivity index (χ1v) is 6.74. The highest BCUT2D eigenvalue weighted by Crippen LogP contribution is 2.17. The normalized spacial score (nSPS) is 10.1. The summed E-state index contributed by atoms with van der Waals surface area (Å²) in [5.41, 5.74) is 1.16. The zero-order valence-electron chi connectivity index (χ0n) is 8.49. The van der Waals surface area contributed by atoms with Crippen LogP contribution < -0.4 is 4.74 Å². The minimum Gasteiger partial charge on any atom is -0.489 e. The Kier molecular flexibility index (Phi) is 4.23. The Labute approximate surface area is 117 Å². The predicted octanol–water partition coefficient (Wildman–Crippen LogP) is 4.63. The molecule has 2 aromatic carbocycles. The molecule has 0 fully saturated rings. The Morgan fingerprint density at radius 2 is 1.81 bits per heavy atom. The van der Waals surface area contributed by atoms with Crippen LogP contribution >= 0.6 is 38.5 Å². The van der Waals surface area contributed by atoms with E-state index < -0.39 is 0 Å². The standard InChI is InChI=1S/C13H10BrIO/c14-11-3-1-2-10(8-11)9-16-13-6-4-12(15)5-7-13/h1-8H,9H2. The van der Waals surface area contributed by atoms with Crippen molar-refractivity contribution in [2.75, 3.05) is 0 Å². The van der Waals surface area contributed by atoms with Crippen LogP contribution in [0.5, 0.6) is 5.75 Å². The van der Waals surface area contributed by atoms with Gasteiger partial charge < -0.3 is 4.74 Å². The van der Waals surface area contributed by atoms with Crippen LogP contribution in [-0.2, 0) is 6.61 Å². The summed E-state index contributed by atoms with van der Waals surface area (Å²) in [7, 11) is 0. The smallest absolute Gasteiger partial charge is 0.119 e. The molecule has 0 amide bonds. The molecule has 0 saturated carbocycles. The van der Waals surface area contributed by atoms with Crippen molar-refractivity contribution in [1.82, 2.24) is 0 Å². The first kappa shape index (κ1) is 11.9. The van der Waals surface area contributed by atoms with Gasteiger partial charge in [-0.2, -0.15) is 0 Å². The van der Waals surface area contributed by atoms with Gasteiger partial charge in [-0.05, 0) is 64.6 Å². The fourth-order valence-corrected chi connectivity index (χ4v) is 2.13. The molecule has 0 saturated heterocycles. The van der Waals surface area contributed by atoms with Crippen molar-refractivity contribution >= 4 is 38.5 Å². The zero-order valence-corrected chi connectivity index (χ0v) is 12.2. The third kappa shape index (κ3) is 3.49. The van der Waals surface area contributed by atoms with Crippen LogP contribution in [0.3, 0.4) is 0 Å². The van der Waals surface area contributed by atoms with Crippen molar-refractivity contribution in [3.63, 3.8) is 0 Å². The van der Waals surface area contributed by atoms with Gasteiger partial charge in [0.15, 0.2) is 0 Å². The fourth-order valence-electron chi connectivity index (χ4n) is 1.32. The van der Waals surface area contributed by atoms with Crippen molar-refractivity contribution in [1.29, 1.82) is 0 Å². The summed E-state index contributed by atoms with van der Waals surface area (Å²) in [5.74, 6) is 0.903. The largest absolute Gasteiger partial charge is 0.489 e. The lowest BCUT2D eigenvalue weighted by Gasteiger charge is -2.06. The molecule has 0 spiro atoms. The van der Waals surface area contributed by atoms with E-state index in [0.29, 0.717) is 6.61 Å². The molecular formula is C13H10BrIO. The molecule has 0 aliphatic rings. The summed E-state index contributed by atoms with van der Waals surface area (Å²) in [6.45, 7) is 0.597. The highest BCUT2D eigenvalue weighted by atomic mass is 127. The second-order valence-corrected chi connectivity index (χ2v) is 5.53. The monoisotopic (exact) mass is 388 g/mol. The zero-order chi connectivity index (χ0) is 11.4. The van der Waals surface area contributed by atoms with E-state index in [1.165, 1.54) is 3.57 Å². The number of hydrogen-bond acceptors (Lipinski definition) is 1. The molecule has 2 aromatic rings. The highest BCUT2D eigenvalue weighted by molar-refractivity contribution is 14.1. The summed E-state index contributed by atoms with van der Waals surface area (Å²) in [6.07, 6.45) is 0. The van der Waals surface area contributed by atoms with E-state index in [-0.39, 0.29) is 0 Å². The Balaban J connectivity index is 1.99. The third-order valence-electron chi connectivity index (χ3n) is 2.11. The lowest BCUT2D eigenvalue weighted by atomic mass is 10.2. The van der Waals surface area contributed by atoms with E-state index in [0.717, 1.165) is 15.8 Å². The molecule has 0 bridgehead atoms. The van der Waals surface area contributed by atoms with E-state index >= 15 is 0 Å². The first-order valence-electron chi connectivity index (χ1n) is 4.87. The molecule has 0 unspecified atom stereocenters. The second kappa shape index (κ2) is 5.68. The molecule has 1 nitrogen and oxygen atoms in total. The lowest BCUT2D eigenvalue weighted by molar-refractivity contribution is 0.306. The first-order chi connectivity index (χ1) is 7.74. The maximum Gasteiger partial charge on any atom is 0.119 e. The van der Waals surface area contributed by atoms with Crippen molar-refractivity contribution in [3.05, 3.63) is 62.1 Å². The fraction of sp³-hybridized carbons (Fsp3) is 0.0769. The second-order valence-electron chi connectivity index (χ2n) is 3.37. The van der Waals surface area contributed by atoms with E-state index in [4.69, 9.17) is 4.74 Å². The third-order valence-corrected chi connectivity index (χ3v) is 3.32. The highest BCUT2D eigenvalue weighted by Gasteiger charge is 1.96. The van der Waals surface area contributed by atoms with Crippen LogP contribution in [0.4, 0.5) is 0 Å². The molecule has 0 aliphatic carbocycles. The van der Waals surface area contributed by atoms with E-state index in [9.17, 15) is 0 Å². The molecule has 0 aromatic heterocycles. The van der Waals surface area contributed by atoms with Gasteiger partial charge in [0.1, 0.15) is 12.4 Å². The lowest BCUT2D eigenvalue weighted by Crippen LogP contribution is -1.94. The number of ether oxygens (including phenoxy) is 1. The topological polar surface area (TPSA) is 9.23 Å². The molecule has 0 heterocycles. The van der Waals surface area contributed by atoms with Crippen LogP contribution in [-0.4, -0.2) is 0 Å². The Hall–Kier alpha value is -0.550. The Morgan fingerprint density at radius 3 is 2.50 bits per heavy atom. The summed E-state index contributed by atoms with van der Waals surface area (Å²) in [4.78, 5) is 0. The van der Waals surface area contributed by atoms with E-state index in [2.05, 4.69) is 50.7 Å². The van der Waals surface area contributed by atoms with Crippen LogP contribution in [0, 0.1) is 3.57 Å². The van der Waals surface area contributed by atoms with Gasteiger partial charge in [-0.15, -0.1) is 0 Å². The minimum atomic E-state index is 0.597. The average Bonchev–Trinajstić information content (AvgIpc) is 2.28. The van der Waals surface area contributed by atoms with Crippen molar-refractivity contribution in [2.45, 2.75) is 6.61 Å². The summed E-state index contributed by atoms with van der Waals surface area (Å²) in [6, 6.07) is 16.2. The van der Waals surface area contributed by atoms with Crippen molar-refractivity contribution in [3.8, 4) is 5.75 Å². The quantitative estimate of drug-likeness (QED) is 0.696. The summed E-state index contributed by atoms with van der Waals surface area (Å²) < 4.78 is 7.97. The van der Waals surface area contributed by atoms with Gasteiger partial charge in [0.25, 0.3) is 0 Å². The van der Waals surface area contributed by atoms with E-state index in [1.807, 2.05) is 36.4 Å². The minimum absolute atomic E-state index is 0.597. The Bertz CT molecular complexity index is 468. The van der Waals surface area contributed by atoms with Gasteiger partial charge >= 0.3 is 0 Å². The van der Waals surface area contributed by atoms with E-state index in [1.54, 1.807) is 0 Å². The van der Waals surface area contributed by atoms with Gasteiger partial charge in [-0.1, -0.05) is 28.1 Å². The molecule has 2 rings (SSSR count). The van der Waals surface area contributed by atoms with Crippen LogP contribution in [0.2, 0.25) is 0 Å². The Morgan fingerprint density at radius 1 is 1.06 bits per heavy atom. The maximum absolute atomic E-state index is 5.68. The molecule has 3 heteroatoms. The maximum atomic E-state index is 5.68. The molecular weight excluding hydrogens is 379 g/mol. The number of benzene rings is 2. The number of hydrogen-bond donors (Lipinski definition) is 0. The van der Waals surface area contributed by atoms with Crippen molar-refractivity contribution < 1.29 is 4.74 Å². The predicted molar refractivity (Wildman–Crippen MR) is 77.6 cm³/mol. The van der Waals surface area contributed by atoms with Crippen LogP contribution in [0.15, 0.2) is 53.0 Å². The van der Waals surface area contributed by atoms with Gasteiger partial charge in [0.05, 0.1) is 0 Å². The van der Waals surface area contributed by atoms with Crippen LogP contribution in [0.1, 0.15) is 5.56 Å².